The normalized spacial score (nSPS) is 10.4. The van der Waals surface area contributed by atoms with E-state index in [2.05, 4.69) is 10.3 Å². The Bertz CT molecular complexity index is 893. The highest BCUT2D eigenvalue weighted by Crippen LogP contribution is 2.26. The largest absolute Gasteiger partial charge is 0.497 e. The molecule has 1 amide bonds. The first-order chi connectivity index (χ1) is 13.2. The number of hydrogen-bond donors (Lipinski definition) is 2. The molecule has 3 N–H and O–H groups in total. The summed E-state index contributed by atoms with van der Waals surface area (Å²) >= 11 is 1.40. The van der Waals surface area contributed by atoms with E-state index in [0.717, 1.165) is 17.0 Å². The Balaban J connectivity index is 1.45. The Hall–Kier alpha value is -3.06. The zero-order chi connectivity index (χ0) is 19.1. The van der Waals surface area contributed by atoms with E-state index in [1.807, 2.05) is 47.8 Å². The maximum Gasteiger partial charge on any atom is 0.226 e. The average molecular weight is 383 g/mol. The molecule has 0 unspecified atom stereocenters. The van der Waals surface area contributed by atoms with Gasteiger partial charge in [0, 0.05) is 17.4 Å². The van der Waals surface area contributed by atoms with Gasteiger partial charge in [0.25, 0.3) is 0 Å². The number of nitrogens with one attached hydrogen (secondary N) is 1. The number of hydrogen-bond acceptors (Lipinski definition) is 6. The lowest BCUT2D eigenvalue weighted by atomic mass is 10.2. The minimum atomic E-state index is -0.0877. The molecular weight excluding hydrogens is 362 g/mol. The van der Waals surface area contributed by atoms with E-state index in [4.69, 9.17) is 15.2 Å². The summed E-state index contributed by atoms with van der Waals surface area (Å²) in [6.07, 6.45) is 0.946. The summed E-state index contributed by atoms with van der Waals surface area (Å²) < 4.78 is 10.7. The molecule has 0 bridgehead atoms. The van der Waals surface area contributed by atoms with Crippen LogP contribution in [0.25, 0.3) is 11.3 Å². The average Bonchev–Trinajstić information content (AvgIpc) is 3.15. The first-order valence-corrected chi connectivity index (χ1v) is 9.41. The molecule has 0 saturated carbocycles. The van der Waals surface area contributed by atoms with Crippen LogP contribution in [0.1, 0.15) is 12.8 Å². The molecule has 0 spiro atoms. The Kier molecular flexibility index (Phi) is 6.27. The number of methoxy groups -OCH3 is 1. The van der Waals surface area contributed by atoms with Gasteiger partial charge in [-0.2, -0.15) is 0 Å². The van der Waals surface area contributed by atoms with E-state index in [0.29, 0.717) is 36.0 Å². The van der Waals surface area contributed by atoms with E-state index in [9.17, 15) is 4.79 Å². The number of amides is 1. The summed E-state index contributed by atoms with van der Waals surface area (Å²) in [5, 5.41) is 5.33. The number of aromatic nitrogens is 1. The van der Waals surface area contributed by atoms with Crippen molar-refractivity contribution in [2.45, 2.75) is 12.8 Å². The Labute approximate surface area is 162 Å². The fourth-order valence-corrected chi connectivity index (χ4v) is 3.17. The summed E-state index contributed by atoms with van der Waals surface area (Å²) in [6.45, 7) is 0.427. The number of para-hydroxylation sites is 2. The Morgan fingerprint density at radius 1 is 1.19 bits per heavy atom. The predicted molar refractivity (Wildman–Crippen MR) is 108 cm³/mol. The van der Waals surface area contributed by atoms with Crippen molar-refractivity contribution in [3.05, 3.63) is 53.9 Å². The molecule has 2 aromatic carbocycles. The van der Waals surface area contributed by atoms with Gasteiger partial charge < -0.3 is 20.5 Å². The van der Waals surface area contributed by atoms with Crippen LogP contribution in [0.2, 0.25) is 0 Å². The van der Waals surface area contributed by atoms with E-state index in [1.54, 1.807) is 13.2 Å². The fourth-order valence-electron chi connectivity index (χ4n) is 2.43. The smallest absolute Gasteiger partial charge is 0.226 e. The number of ether oxygens (including phenoxy) is 2. The lowest BCUT2D eigenvalue weighted by molar-refractivity contribution is -0.116. The van der Waals surface area contributed by atoms with Crippen molar-refractivity contribution in [2.24, 2.45) is 0 Å². The van der Waals surface area contributed by atoms with Gasteiger partial charge in [0.05, 0.1) is 25.1 Å². The van der Waals surface area contributed by atoms with Gasteiger partial charge in [-0.15, -0.1) is 11.3 Å². The molecule has 0 atom stereocenters. The van der Waals surface area contributed by atoms with Crippen LogP contribution in [0.15, 0.2) is 53.9 Å². The van der Waals surface area contributed by atoms with Crippen molar-refractivity contribution in [3.8, 4) is 22.8 Å². The maximum absolute atomic E-state index is 12.1. The van der Waals surface area contributed by atoms with Crippen molar-refractivity contribution >= 4 is 28.1 Å². The number of carbonyl (C=O) groups excluding carboxylic acids is 1. The van der Waals surface area contributed by atoms with Crippen LogP contribution in [0.4, 0.5) is 10.8 Å². The predicted octanol–water partition coefficient (Wildman–Crippen LogP) is 4.20. The first kappa shape index (κ1) is 18.7. The lowest BCUT2D eigenvalue weighted by Crippen LogP contribution is -2.12. The van der Waals surface area contributed by atoms with Crippen molar-refractivity contribution in [1.82, 2.24) is 4.98 Å². The molecule has 3 aromatic rings. The molecule has 0 aliphatic carbocycles. The highest BCUT2D eigenvalue weighted by molar-refractivity contribution is 7.14. The quantitative estimate of drug-likeness (QED) is 0.450. The van der Waals surface area contributed by atoms with E-state index >= 15 is 0 Å². The molecule has 0 aliphatic heterocycles. The number of thiazole rings is 1. The standard InChI is InChI=1S/C20H21N3O3S/c1-25-15-10-8-14(9-11-15)17-13-27-20(22-17)23-19(24)7-4-12-26-18-6-3-2-5-16(18)21/h2-3,5-6,8-11,13H,4,7,12,21H2,1H3,(H,22,23,24). The molecule has 0 saturated heterocycles. The van der Waals surface area contributed by atoms with E-state index in [-0.39, 0.29) is 5.91 Å². The highest BCUT2D eigenvalue weighted by Gasteiger charge is 2.09. The number of anilines is 2. The second kappa shape index (κ2) is 9.05. The fraction of sp³-hybridized carbons (Fsp3) is 0.200. The molecule has 3 rings (SSSR count). The second-order valence-corrected chi connectivity index (χ2v) is 6.66. The Morgan fingerprint density at radius 3 is 2.70 bits per heavy atom. The van der Waals surface area contributed by atoms with E-state index < -0.39 is 0 Å². The SMILES string of the molecule is COc1ccc(-c2csc(NC(=O)CCCOc3ccccc3N)n2)cc1. The van der Waals surface area contributed by atoms with Gasteiger partial charge in [0.2, 0.25) is 5.91 Å². The van der Waals surface area contributed by atoms with E-state index in [1.165, 1.54) is 11.3 Å². The monoisotopic (exact) mass is 383 g/mol. The van der Waals surface area contributed by atoms with Crippen LogP contribution in [-0.2, 0) is 4.79 Å². The van der Waals surface area contributed by atoms with Crippen LogP contribution >= 0.6 is 11.3 Å². The molecule has 0 fully saturated rings. The minimum Gasteiger partial charge on any atom is -0.497 e. The van der Waals surface area contributed by atoms with Gasteiger partial charge >= 0.3 is 0 Å². The topological polar surface area (TPSA) is 86.5 Å². The van der Waals surface area contributed by atoms with Crippen LogP contribution in [-0.4, -0.2) is 24.6 Å². The number of nitrogens with two attached hydrogens (primary N) is 1. The van der Waals surface area contributed by atoms with Crippen LogP contribution in [0, 0.1) is 0 Å². The molecule has 27 heavy (non-hydrogen) atoms. The number of benzene rings is 2. The highest BCUT2D eigenvalue weighted by atomic mass is 32.1. The number of nitrogen functional groups attached to an aromatic ring is 1. The first-order valence-electron chi connectivity index (χ1n) is 8.53. The molecule has 1 heterocycles. The molecule has 7 heteroatoms. The molecule has 0 radical (unpaired) electrons. The number of rotatable bonds is 8. The molecule has 140 valence electrons. The number of carbonyl (C=O) groups is 1. The summed E-state index contributed by atoms with van der Waals surface area (Å²) in [4.78, 5) is 16.5. The van der Waals surface area contributed by atoms with Crippen LogP contribution < -0.4 is 20.5 Å². The summed E-state index contributed by atoms with van der Waals surface area (Å²) in [7, 11) is 1.63. The van der Waals surface area contributed by atoms with Crippen LogP contribution in [0.5, 0.6) is 11.5 Å². The summed E-state index contributed by atoms with van der Waals surface area (Å²) in [6, 6.07) is 14.9. The van der Waals surface area contributed by atoms with Crippen molar-refractivity contribution < 1.29 is 14.3 Å². The molecule has 1 aromatic heterocycles. The number of nitrogens with zero attached hydrogens (tertiary/aromatic N) is 1. The summed E-state index contributed by atoms with van der Waals surface area (Å²) in [5.74, 6) is 1.35. The van der Waals surface area contributed by atoms with Gasteiger partial charge in [-0.3, -0.25) is 4.79 Å². The van der Waals surface area contributed by atoms with Crippen molar-refractivity contribution in [3.63, 3.8) is 0 Å². The zero-order valence-electron chi connectivity index (χ0n) is 15.0. The zero-order valence-corrected chi connectivity index (χ0v) is 15.8. The van der Waals surface area contributed by atoms with Gasteiger partial charge in [-0.1, -0.05) is 12.1 Å². The lowest BCUT2D eigenvalue weighted by Gasteiger charge is -2.08. The van der Waals surface area contributed by atoms with Gasteiger partial charge in [-0.25, -0.2) is 4.98 Å². The second-order valence-electron chi connectivity index (χ2n) is 5.80. The molecule has 6 nitrogen and oxygen atoms in total. The van der Waals surface area contributed by atoms with Gasteiger partial charge in [0.1, 0.15) is 11.5 Å². The third kappa shape index (κ3) is 5.21. The molecule has 0 aliphatic rings. The third-order valence-corrected chi connectivity index (χ3v) is 4.62. The van der Waals surface area contributed by atoms with Crippen LogP contribution in [0.3, 0.4) is 0 Å². The third-order valence-electron chi connectivity index (χ3n) is 3.86. The molecular formula is C20H21N3O3S. The van der Waals surface area contributed by atoms with Gasteiger partial charge in [0.15, 0.2) is 5.13 Å². The maximum atomic E-state index is 12.1. The minimum absolute atomic E-state index is 0.0877. The van der Waals surface area contributed by atoms with Crippen molar-refractivity contribution in [2.75, 3.05) is 24.8 Å². The van der Waals surface area contributed by atoms with Crippen molar-refractivity contribution in [1.29, 1.82) is 0 Å². The Morgan fingerprint density at radius 2 is 1.96 bits per heavy atom. The van der Waals surface area contributed by atoms with Gasteiger partial charge in [-0.05, 0) is 42.8 Å². The summed E-state index contributed by atoms with van der Waals surface area (Å²) in [5.41, 5.74) is 8.20.